The zero-order valence-corrected chi connectivity index (χ0v) is 16.9. The summed E-state index contributed by atoms with van der Waals surface area (Å²) in [5, 5.41) is 0.566. The van der Waals surface area contributed by atoms with Crippen LogP contribution in [0.25, 0.3) is 16.6 Å². The van der Waals surface area contributed by atoms with Crippen LogP contribution in [0.5, 0.6) is 0 Å². The minimum atomic E-state index is -0.368. The van der Waals surface area contributed by atoms with Crippen LogP contribution in [0.2, 0.25) is 0 Å². The predicted molar refractivity (Wildman–Crippen MR) is 118 cm³/mol. The highest BCUT2D eigenvalue weighted by Gasteiger charge is 2.36. The SMILES string of the molecule is Cc1ccc2c(c1)[C@@H](Cc1nc3ccccc3c(=O)n1-c1ccccc1)C(=O)N2C. The van der Waals surface area contributed by atoms with Crippen LogP contribution in [0.1, 0.15) is 22.9 Å². The minimum Gasteiger partial charge on any atom is -0.315 e. The second-order valence-corrected chi connectivity index (χ2v) is 7.74. The summed E-state index contributed by atoms with van der Waals surface area (Å²) in [6, 6.07) is 22.9. The Balaban J connectivity index is 1.71. The molecule has 2 heterocycles. The Hall–Kier alpha value is -3.73. The number of anilines is 1. The number of hydrogen-bond acceptors (Lipinski definition) is 3. The fraction of sp³-hybridized carbons (Fsp3) is 0.160. The molecule has 148 valence electrons. The van der Waals surface area contributed by atoms with Crippen molar-refractivity contribution >= 4 is 22.5 Å². The number of carbonyl (C=O) groups excluding carboxylic acids is 1. The molecule has 5 nitrogen and oxygen atoms in total. The highest BCUT2D eigenvalue weighted by molar-refractivity contribution is 6.04. The van der Waals surface area contributed by atoms with E-state index in [0.717, 1.165) is 22.5 Å². The Morgan fingerprint density at radius 2 is 1.67 bits per heavy atom. The summed E-state index contributed by atoms with van der Waals surface area (Å²) >= 11 is 0. The standard InChI is InChI=1S/C25H21N3O2/c1-16-12-13-22-19(14-16)20(24(29)27(22)2)15-23-26-21-11-7-6-10-18(21)25(30)28(23)17-8-4-3-5-9-17/h3-14,20H,15H2,1-2H3/t20-/m1/s1. The first-order valence-corrected chi connectivity index (χ1v) is 9.99. The van der Waals surface area contributed by atoms with Crippen LogP contribution >= 0.6 is 0 Å². The molecule has 30 heavy (non-hydrogen) atoms. The van der Waals surface area contributed by atoms with E-state index in [2.05, 4.69) is 6.07 Å². The molecule has 0 saturated heterocycles. The Morgan fingerprint density at radius 3 is 2.47 bits per heavy atom. The number of para-hydroxylation sites is 2. The second kappa shape index (κ2) is 6.95. The zero-order chi connectivity index (χ0) is 20.8. The van der Waals surface area contributed by atoms with Crippen molar-refractivity contribution in [2.75, 3.05) is 11.9 Å². The van der Waals surface area contributed by atoms with Gasteiger partial charge in [0.05, 0.1) is 22.5 Å². The molecule has 5 heteroatoms. The number of rotatable bonds is 3. The van der Waals surface area contributed by atoms with Gasteiger partial charge in [0.15, 0.2) is 0 Å². The Bertz CT molecular complexity index is 1340. The lowest BCUT2D eigenvalue weighted by molar-refractivity contribution is -0.119. The van der Waals surface area contributed by atoms with E-state index in [0.29, 0.717) is 23.1 Å². The van der Waals surface area contributed by atoms with Crippen LogP contribution in [0, 0.1) is 6.92 Å². The topological polar surface area (TPSA) is 55.2 Å². The molecule has 0 spiro atoms. The van der Waals surface area contributed by atoms with E-state index in [-0.39, 0.29) is 17.4 Å². The van der Waals surface area contributed by atoms with Crippen molar-refractivity contribution in [3.63, 3.8) is 0 Å². The average molecular weight is 395 g/mol. The molecular formula is C25H21N3O2. The molecule has 1 aromatic heterocycles. The van der Waals surface area contributed by atoms with Gasteiger partial charge in [-0.05, 0) is 42.8 Å². The normalized spacial score (nSPS) is 15.6. The van der Waals surface area contributed by atoms with Crippen molar-refractivity contribution in [1.29, 1.82) is 0 Å². The van der Waals surface area contributed by atoms with E-state index in [1.165, 1.54) is 0 Å². The first kappa shape index (κ1) is 18.3. The molecule has 3 aromatic carbocycles. The summed E-state index contributed by atoms with van der Waals surface area (Å²) in [4.78, 5) is 33.0. The predicted octanol–water partition coefficient (Wildman–Crippen LogP) is 4.00. The van der Waals surface area contributed by atoms with Crippen molar-refractivity contribution in [2.45, 2.75) is 19.3 Å². The Morgan fingerprint density at radius 1 is 0.933 bits per heavy atom. The first-order chi connectivity index (χ1) is 14.5. The summed E-state index contributed by atoms with van der Waals surface area (Å²) in [5.41, 5.74) is 4.29. The monoisotopic (exact) mass is 395 g/mol. The van der Waals surface area contributed by atoms with Crippen LogP contribution in [0.4, 0.5) is 5.69 Å². The fourth-order valence-electron chi connectivity index (χ4n) is 4.28. The van der Waals surface area contributed by atoms with Gasteiger partial charge in [0, 0.05) is 19.2 Å². The molecule has 0 N–H and O–H groups in total. The molecule has 1 aliphatic rings. The van der Waals surface area contributed by atoms with Gasteiger partial charge in [-0.15, -0.1) is 0 Å². The first-order valence-electron chi connectivity index (χ1n) is 9.99. The minimum absolute atomic E-state index is 0.0256. The van der Waals surface area contributed by atoms with E-state index in [4.69, 9.17) is 4.98 Å². The highest BCUT2D eigenvalue weighted by Crippen LogP contribution is 2.38. The lowest BCUT2D eigenvalue weighted by Gasteiger charge is -2.16. The molecule has 5 rings (SSSR count). The Kier molecular flexibility index (Phi) is 4.24. The number of hydrogen-bond donors (Lipinski definition) is 0. The van der Waals surface area contributed by atoms with E-state index in [1.807, 2.05) is 67.6 Å². The third-order valence-corrected chi connectivity index (χ3v) is 5.79. The maximum absolute atomic E-state index is 13.4. The van der Waals surface area contributed by atoms with Crippen LogP contribution in [0.15, 0.2) is 77.6 Å². The fourth-order valence-corrected chi connectivity index (χ4v) is 4.28. The van der Waals surface area contributed by atoms with Gasteiger partial charge in [0.1, 0.15) is 5.82 Å². The summed E-state index contributed by atoms with van der Waals surface area (Å²) in [5.74, 6) is 0.247. The van der Waals surface area contributed by atoms with Crippen molar-refractivity contribution in [3.05, 3.63) is 100 Å². The van der Waals surface area contributed by atoms with Crippen molar-refractivity contribution < 1.29 is 4.79 Å². The number of nitrogens with zero attached hydrogens (tertiary/aromatic N) is 3. The van der Waals surface area contributed by atoms with Crippen LogP contribution < -0.4 is 10.5 Å². The van der Waals surface area contributed by atoms with Crippen LogP contribution in [-0.2, 0) is 11.2 Å². The molecule has 1 amide bonds. The molecule has 0 radical (unpaired) electrons. The number of amides is 1. The van der Waals surface area contributed by atoms with Gasteiger partial charge < -0.3 is 4.90 Å². The third kappa shape index (κ3) is 2.82. The number of fused-ring (bicyclic) bond motifs is 2. The second-order valence-electron chi connectivity index (χ2n) is 7.74. The highest BCUT2D eigenvalue weighted by atomic mass is 16.2. The number of benzene rings is 3. The summed E-state index contributed by atoms with van der Waals surface area (Å²) in [6.07, 6.45) is 0.356. The van der Waals surface area contributed by atoms with Gasteiger partial charge in [0.25, 0.3) is 5.56 Å². The molecule has 4 aromatic rings. The van der Waals surface area contributed by atoms with E-state index >= 15 is 0 Å². The van der Waals surface area contributed by atoms with Crippen molar-refractivity contribution in [1.82, 2.24) is 9.55 Å². The molecule has 0 bridgehead atoms. The van der Waals surface area contributed by atoms with E-state index in [1.54, 1.807) is 22.6 Å². The maximum Gasteiger partial charge on any atom is 0.265 e. The largest absolute Gasteiger partial charge is 0.315 e. The van der Waals surface area contributed by atoms with Crippen molar-refractivity contribution in [3.8, 4) is 5.69 Å². The lowest BCUT2D eigenvalue weighted by Crippen LogP contribution is -2.28. The van der Waals surface area contributed by atoms with Gasteiger partial charge in [-0.25, -0.2) is 4.98 Å². The van der Waals surface area contributed by atoms with E-state index in [9.17, 15) is 9.59 Å². The quantitative estimate of drug-likeness (QED) is 0.527. The van der Waals surface area contributed by atoms with Crippen molar-refractivity contribution in [2.24, 2.45) is 0 Å². The molecule has 0 saturated carbocycles. The molecule has 1 aliphatic heterocycles. The van der Waals surface area contributed by atoms with Crippen LogP contribution in [-0.4, -0.2) is 22.5 Å². The zero-order valence-electron chi connectivity index (χ0n) is 16.9. The molecular weight excluding hydrogens is 374 g/mol. The summed E-state index contributed by atoms with van der Waals surface area (Å²) in [6.45, 7) is 2.02. The smallest absolute Gasteiger partial charge is 0.265 e. The Labute approximate surface area is 174 Å². The number of likely N-dealkylation sites (N-methyl/N-ethyl adjacent to an activating group) is 1. The third-order valence-electron chi connectivity index (χ3n) is 5.79. The molecule has 0 fully saturated rings. The average Bonchev–Trinajstić information content (AvgIpc) is 2.99. The molecule has 0 unspecified atom stereocenters. The van der Waals surface area contributed by atoms with Gasteiger partial charge in [-0.3, -0.25) is 14.2 Å². The van der Waals surface area contributed by atoms with Gasteiger partial charge in [-0.2, -0.15) is 0 Å². The summed E-state index contributed by atoms with van der Waals surface area (Å²) < 4.78 is 1.64. The lowest BCUT2D eigenvalue weighted by atomic mass is 9.95. The summed E-state index contributed by atoms with van der Waals surface area (Å²) in [7, 11) is 1.80. The number of carbonyl (C=O) groups is 1. The van der Waals surface area contributed by atoms with Crippen LogP contribution in [0.3, 0.4) is 0 Å². The number of aromatic nitrogens is 2. The number of aryl methyl sites for hydroxylation is 1. The molecule has 0 aliphatic carbocycles. The molecule has 1 atom stereocenters. The van der Waals surface area contributed by atoms with Gasteiger partial charge in [0.2, 0.25) is 5.91 Å². The van der Waals surface area contributed by atoms with Gasteiger partial charge >= 0.3 is 0 Å². The van der Waals surface area contributed by atoms with Gasteiger partial charge in [-0.1, -0.05) is 48.0 Å². The maximum atomic E-state index is 13.4. The van der Waals surface area contributed by atoms with E-state index < -0.39 is 0 Å².